The summed E-state index contributed by atoms with van der Waals surface area (Å²) in [6.45, 7) is 1.15. The van der Waals surface area contributed by atoms with Gasteiger partial charge in [0, 0.05) is 19.2 Å². The van der Waals surface area contributed by atoms with Crippen molar-refractivity contribution >= 4 is 5.91 Å². The quantitative estimate of drug-likeness (QED) is 0.796. The maximum atomic E-state index is 11.9. The molecule has 5 nitrogen and oxygen atoms in total. The second-order valence-corrected chi connectivity index (χ2v) is 3.76. The van der Waals surface area contributed by atoms with Gasteiger partial charge in [-0.15, -0.1) is 0 Å². The average molecular weight is 238 g/mol. The first-order valence-corrected chi connectivity index (χ1v) is 5.42. The molecule has 1 aromatic rings. The van der Waals surface area contributed by atoms with Crippen molar-refractivity contribution in [2.45, 2.75) is 6.42 Å². The van der Waals surface area contributed by atoms with E-state index in [4.69, 9.17) is 10.5 Å². The molecule has 17 heavy (non-hydrogen) atoms. The summed E-state index contributed by atoms with van der Waals surface area (Å²) in [5.74, 6) is 0.174. The van der Waals surface area contributed by atoms with Crippen molar-refractivity contribution in [2.75, 3.05) is 27.2 Å². The van der Waals surface area contributed by atoms with Gasteiger partial charge in [0.05, 0.1) is 7.11 Å². The summed E-state index contributed by atoms with van der Waals surface area (Å²) in [6.07, 6.45) is 0.754. The molecule has 0 atom stereocenters. The molecule has 0 saturated heterocycles. The summed E-state index contributed by atoms with van der Waals surface area (Å²) in [4.78, 5) is 13.5. The maximum Gasteiger partial charge on any atom is 0.253 e. The third-order valence-corrected chi connectivity index (χ3v) is 2.47. The van der Waals surface area contributed by atoms with Gasteiger partial charge in [-0.2, -0.15) is 0 Å². The molecule has 0 fully saturated rings. The molecule has 0 heterocycles. The number of amides is 1. The second kappa shape index (κ2) is 6.10. The molecule has 94 valence electrons. The van der Waals surface area contributed by atoms with E-state index in [1.54, 1.807) is 24.1 Å². The molecule has 1 aromatic carbocycles. The highest BCUT2D eigenvalue weighted by Gasteiger charge is 2.13. The van der Waals surface area contributed by atoms with Gasteiger partial charge >= 0.3 is 0 Å². The van der Waals surface area contributed by atoms with Crippen LogP contribution in [-0.4, -0.2) is 43.2 Å². The zero-order chi connectivity index (χ0) is 12.8. The van der Waals surface area contributed by atoms with Crippen molar-refractivity contribution in [2.24, 2.45) is 5.73 Å². The number of benzene rings is 1. The van der Waals surface area contributed by atoms with Crippen LogP contribution in [0.25, 0.3) is 0 Å². The number of carbonyl (C=O) groups excluding carboxylic acids is 1. The van der Waals surface area contributed by atoms with Gasteiger partial charge in [0.2, 0.25) is 0 Å². The Bertz CT molecular complexity index is 393. The monoisotopic (exact) mass is 238 g/mol. The number of phenols is 1. The molecule has 0 saturated carbocycles. The van der Waals surface area contributed by atoms with Crippen LogP contribution in [0.1, 0.15) is 16.8 Å². The first kappa shape index (κ1) is 13.3. The Hall–Kier alpha value is -1.75. The zero-order valence-electron chi connectivity index (χ0n) is 10.1. The summed E-state index contributed by atoms with van der Waals surface area (Å²) in [6, 6.07) is 4.60. The normalized spacial score (nSPS) is 10.1. The molecule has 0 unspecified atom stereocenters. The Kier molecular flexibility index (Phi) is 4.78. The number of nitrogens with two attached hydrogens (primary N) is 1. The lowest BCUT2D eigenvalue weighted by molar-refractivity contribution is 0.0794. The summed E-state index contributed by atoms with van der Waals surface area (Å²) in [5, 5.41) is 9.58. The predicted molar refractivity (Wildman–Crippen MR) is 65.3 cm³/mol. The van der Waals surface area contributed by atoms with E-state index in [0.717, 1.165) is 6.42 Å². The fourth-order valence-corrected chi connectivity index (χ4v) is 1.47. The van der Waals surface area contributed by atoms with Crippen molar-refractivity contribution < 1.29 is 14.6 Å². The molecule has 0 aliphatic carbocycles. The van der Waals surface area contributed by atoms with Gasteiger partial charge in [0.15, 0.2) is 11.5 Å². The van der Waals surface area contributed by atoms with E-state index < -0.39 is 0 Å². The molecule has 1 amide bonds. The number of carbonyl (C=O) groups is 1. The first-order chi connectivity index (χ1) is 8.10. The molecule has 0 spiro atoms. The Morgan fingerprint density at radius 1 is 1.53 bits per heavy atom. The van der Waals surface area contributed by atoms with Gasteiger partial charge in [-0.25, -0.2) is 0 Å². The lowest BCUT2D eigenvalue weighted by atomic mass is 10.1. The van der Waals surface area contributed by atoms with Crippen molar-refractivity contribution in [1.82, 2.24) is 4.90 Å². The van der Waals surface area contributed by atoms with Gasteiger partial charge in [-0.1, -0.05) is 0 Å². The van der Waals surface area contributed by atoms with Crippen molar-refractivity contribution in [3.63, 3.8) is 0 Å². The van der Waals surface area contributed by atoms with Crippen molar-refractivity contribution in [1.29, 1.82) is 0 Å². The SMILES string of the molecule is COc1ccc(C(=O)N(C)CCCN)cc1O. The summed E-state index contributed by atoms with van der Waals surface area (Å²) >= 11 is 0. The lowest BCUT2D eigenvalue weighted by Crippen LogP contribution is -2.28. The van der Waals surface area contributed by atoms with Crippen LogP contribution in [-0.2, 0) is 0 Å². The van der Waals surface area contributed by atoms with E-state index in [1.807, 2.05) is 0 Å². The molecule has 0 aromatic heterocycles. The molecular weight excluding hydrogens is 220 g/mol. The topological polar surface area (TPSA) is 75.8 Å². The molecule has 5 heteroatoms. The van der Waals surface area contributed by atoms with E-state index in [2.05, 4.69) is 0 Å². The first-order valence-electron chi connectivity index (χ1n) is 5.42. The van der Waals surface area contributed by atoms with Crippen molar-refractivity contribution in [3.05, 3.63) is 23.8 Å². The van der Waals surface area contributed by atoms with E-state index >= 15 is 0 Å². The van der Waals surface area contributed by atoms with Crippen LogP contribution in [0.3, 0.4) is 0 Å². The third kappa shape index (κ3) is 3.35. The Morgan fingerprint density at radius 3 is 2.76 bits per heavy atom. The number of hydrogen-bond donors (Lipinski definition) is 2. The zero-order valence-corrected chi connectivity index (χ0v) is 10.1. The lowest BCUT2D eigenvalue weighted by Gasteiger charge is -2.17. The van der Waals surface area contributed by atoms with Gasteiger partial charge < -0.3 is 20.5 Å². The highest BCUT2D eigenvalue weighted by atomic mass is 16.5. The molecular formula is C12H18N2O3. The number of nitrogens with zero attached hydrogens (tertiary/aromatic N) is 1. The van der Waals surface area contributed by atoms with Crippen LogP contribution in [0.15, 0.2) is 18.2 Å². The van der Waals surface area contributed by atoms with E-state index in [-0.39, 0.29) is 11.7 Å². The maximum absolute atomic E-state index is 11.9. The molecule has 0 bridgehead atoms. The number of methoxy groups -OCH3 is 1. The molecule has 0 aliphatic heterocycles. The average Bonchev–Trinajstić information content (AvgIpc) is 2.34. The number of hydrogen-bond acceptors (Lipinski definition) is 4. The van der Waals surface area contributed by atoms with Crippen LogP contribution < -0.4 is 10.5 Å². The number of phenolic OH excluding ortho intramolecular Hbond substituents is 1. The summed E-state index contributed by atoms with van der Waals surface area (Å²) in [5.41, 5.74) is 5.82. The van der Waals surface area contributed by atoms with Crippen molar-refractivity contribution in [3.8, 4) is 11.5 Å². The Balaban J connectivity index is 2.78. The molecule has 0 aliphatic rings. The second-order valence-electron chi connectivity index (χ2n) is 3.76. The number of rotatable bonds is 5. The number of ether oxygens (including phenoxy) is 1. The fourth-order valence-electron chi connectivity index (χ4n) is 1.47. The predicted octanol–water partition coefficient (Wildman–Crippen LogP) is 0.822. The van der Waals surface area contributed by atoms with E-state index in [9.17, 15) is 9.90 Å². The number of aromatic hydroxyl groups is 1. The Labute approximate surface area is 101 Å². The summed E-state index contributed by atoms with van der Waals surface area (Å²) in [7, 11) is 3.17. The minimum Gasteiger partial charge on any atom is -0.504 e. The Morgan fingerprint density at radius 2 is 2.24 bits per heavy atom. The van der Waals surface area contributed by atoms with Crippen LogP contribution in [0.2, 0.25) is 0 Å². The van der Waals surface area contributed by atoms with Crippen LogP contribution in [0, 0.1) is 0 Å². The highest BCUT2D eigenvalue weighted by Crippen LogP contribution is 2.26. The highest BCUT2D eigenvalue weighted by molar-refractivity contribution is 5.94. The molecule has 0 radical (unpaired) electrons. The largest absolute Gasteiger partial charge is 0.504 e. The van der Waals surface area contributed by atoms with Gasteiger partial charge in [0.1, 0.15) is 0 Å². The van der Waals surface area contributed by atoms with E-state index in [1.165, 1.54) is 13.2 Å². The molecule has 1 rings (SSSR count). The third-order valence-electron chi connectivity index (χ3n) is 2.47. The fraction of sp³-hybridized carbons (Fsp3) is 0.417. The standard InChI is InChI=1S/C12H18N2O3/c1-14(7-3-6-13)12(16)9-4-5-11(17-2)10(15)8-9/h4-5,8,15H,3,6-7,13H2,1-2H3. The van der Waals surface area contributed by atoms with Crippen LogP contribution in [0.4, 0.5) is 0 Å². The van der Waals surface area contributed by atoms with Crippen LogP contribution in [0.5, 0.6) is 11.5 Å². The van der Waals surface area contributed by atoms with Gasteiger partial charge in [-0.05, 0) is 31.2 Å². The van der Waals surface area contributed by atoms with Crippen LogP contribution >= 0.6 is 0 Å². The summed E-state index contributed by atoms with van der Waals surface area (Å²) < 4.78 is 4.91. The van der Waals surface area contributed by atoms with E-state index in [0.29, 0.717) is 24.4 Å². The van der Waals surface area contributed by atoms with Gasteiger partial charge in [-0.3, -0.25) is 4.79 Å². The van der Waals surface area contributed by atoms with Gasteiger partial charge in [0.25, 0.3) is 5.91 Å². The minimum absolute atomic E-state index is 0.0365. The molecule has 3 N–H and O–H groups in total. The smallest absolute Gasteiger partial charge is 0.253 e. The minimum atomic E-state index is -0.142.